The molecule has 0 saturated carbocycles. The minimum atomic E-state index is 0. The fourth-order valence-corrected chi connectivity index (χ4v) is 3.05. The molecule has 0 spiro atoms. The molecule has 1 aromatic carbocycles. The normalized spacial score (nSPS) is 18.5. The summed E-state index contributed by atoms with van der Waals surface area (Å²) in [6, 6.07) is 8.45. The van der Waals surface area contributed by atoms with Crippen LogP contribution in [-0.4, -0.2) is 50.3 Å². The first-order valence-electron chi connectivity index (χ1n) is 8.89. The Hall–Kier alpha value is -0.860. The van der Waals surface area contributed by atoms with Crippen LogP contribution in [0.15, 0.2) is 29.3 Å². The summed E-state index contributed by atoms with van der Waals surface area (Å²) >= 11 is 0. The van der Waals surface area contributed by atoms with Gasteiger partial charge < -0.3 is 20.7 Å². The number of aliphatic imine (C=N–C) groups is 1. The van der Waals surface area contributed by atoms with E-state index in [0.717, 1.165) is 38.2 Å². The van der Waals surface area contributed by atoms with Gasteiger partial charge in [-0.2, -0.15) is 0 Å². The van der Waals surface area contributed by atoms with Gasteiger partial charge in [0.1, 0.15) is 0 Å². The molecule has 1 saturated heterocycles. The lowest BCUT2D eigenvalue weighted by Gasteiger charge is -2.41. The third-order valence-electron chi connectivity index (χ3n) is 5.28. The molecule has 1 heterocycles. The zero-order valence-electron chi connectivity index (χ0n) is 15.9. The molecule has 1 aromatic rings. The molecule has 1 aliphatic rings. The summed E-state index contributed by atoms with van der Waals surface area (Å²) in [5.41, 5.74) is 8.48. The Bertz CT molecular complexity index is 539. The van der Waals surface area contributed by atoms with Gasteiger partial charge in [-0.3, -0.25) is 4.99 Å². The molecule has 3 N–H and O–H groups in total. The van der Waals surface area contributed by atoms with Gasteiger partial charge in [0.2, 0.25) is 0 Å². The van der Waals surface area contributed by atoms with Crippen LogP contribution in [0.25, 0.3) is 0 Å². The van der Waals surface area contributed by atoms with Crippen molar-refractivity contribution >= 4 is 35.6 Å². The molecule has 0 amide bonds. The smallest absolute Gasteiger partial charge is 0.193 e. The molecular formula is C19H33IN4O. The Kier molecular flexibility index (Phi) is 9.16. The predicted octanol–water partition coefficient (Wildman–Crippen LogP) is 3.66. The number of hydrogen-bond acceptors (Lipinski definition) is 3. The van der Waals surface area contributed by atoms with Gasteiger partial charge in [-0.15, -0.1) is 24.0 Å². The van der Waals surface area contributed by atoms with Crippen LogP contribution in [0.4, 0.5) is 5.69 Å². The Morgan fingerprint density at radius 2 is 1.88 bits per heavy atom. The Labute approximate surface area is 169 Å². The molecule has 1 aliphatic heterocycles. The zero-order chi connectivity index (χ0) is 17.6. The van der Waals surface area contributed by atoms with Crippen molar-refractivity contribution in [1.82, 2.24) is 4.90 Å². The third kappa shape index (κ3) is 6.11. The van der Waals surface area contributed by atoms with Gasteiger partial charge in [0.05, 0.1) is 6.54 Å². The SMILES string of the molecule is CCC(C)c1ccc(NC(N)=NCC2(N(C)C)CCOCC2)cc1.I. The average Bonchev–Trinajstić information content (AvgIpc) is 2.60. The summed E-state index contributed by atoms with van der Waals surface area (Å²) in [6.45, 7) is 6.72. The predicted molar refractivity (Wildman–Crippen MR) is 117 cm³/mol. The van der Waals surface area contributed by atoms with Crippen LogP contribution in [-0.2, 0) is 4.74 Å². The summed E-state index contributed by atoms with van der Waals surface area (Å²) in [5, 5.41) is 3.20. The second-order valence-electron chi connectivity index (χ2n) is 6.99. The number of guanidine groups is 1. The Balaban J connectivity index is 0.00000312. The van der Waals surface area contributed by atoms with Gasteiger partial charge in [-0.25, -0.2) is 0 Å². The molecule has 5 nitrogen and oxygen atoms in total. The van der Waals surface area contributed by atoms with Gasteiger partial charge in [0.25, 0.3) is 0 Å². The van der Waals surface area contributed by atoms with Gasteiger partial charge >= 0.3 is 0 Å². The van der Waals surface area contributed by atoms with Crippen molar-refractivity contribution in [3.05, 3.63) is 29.8 Å². The van der Waals surface area contributed by atoms with Crippen LogP contribution < -0.4 is 11.1 Å². The number of nitrogens with one attached hydrogen (secondary N) is 1. The standard InChI is InChI=1S/C19H32N4O.HI/c1-5-15(2)16-6-8-17(9-7-16)22-18(20)21-14-19(23(3)4)10-12-24-13-11-19;/h6-9,15H,5,10-14H2,1-4H3,(H3,20,21,22);1H. The molecular weight excluding hydrogens is 427 g/mol. The molecule has 2 rings (SSSR count). The zero-order valence-corrected chi connectivity index (χ0v) is 18.2. The maximum absolute atomic E-state index is 6.10. The highest BCUT2D eigenvalue weighted by Gasteiger charge is 2.34. The van der Waals surface area contributed by atoms with Crippen molar-refractivity contribution in [3.8, 4) is 0 Å². The number of rotatable bonds is 6. The lowest BCUT2D eigenvalue weighted by Crippen LogP contribution is -2.51. The van der Waals surface area contributed by atoms with Crippen molar-refractivity contribution in [2.24, 2.45) is 10.7 Å². The van der Waals surface area contributed by atoms with E-state index in [1.807, 2.05) is 0 Å². The van der Waals surface area contributed by atoms with Crippen LogP contribution in [0.2, 0.25) is 0 Å². The van der Waals surface area contributed by atoms with E-state index in [0.29, 0.717) is 18.4 Å². The lowest BCUT2D eigenvalue weighted by atomic mass is 9.89. The fraction of sp³-hybridized carbons (Fsp3) is 0.632. The highest BCUT2D eigenvalue weighted by Crippen LogP contribution is 2.26. The molecule has 142 valence electrons. The summed E-state index contributed by atoms with van der Waals surface area (Å²) in [7, 11) is 4.22. The number of benzene rings is 1. The first-order chi connectivity index (χ1) is 11.5. The maximum atomic E-state index is 6.10. The van der Waals surface area contributed by atoms with Crippen molar-refractivity contribution < 1.29 is 4.74 Å². The van der Waals surface area contributed by atoms with Crippen LogP contribution in [0.3, 0.4) is 0 Å². The van der Waals surface area contributed by atoms with Crippen molar-refractivity contribution in [2.45, 2.75) is 44.6 Å². The molecule has 0 radical (unpaired) electrons. The minimum Gasteiger partial charge on any atom is -0.381 e. The van der Waals surface area contributed by atoms with Crippen molar-refractivity contribution in [2.75, 3.05) is 39.2 Å². The maximum Gasteiger partial charge on any atom is 0.193 e. The third-order valence-corrected chi connectivity index (χ3v) is 5.28. The highest BCUT2D eigenvalue weighted by atomic mass is 127. The molecule has 6 heteroatoms. The van der Waals surface area contributed by atoms with E-state index in [4.69, 9.17) is 10.5 Å². The molecule has 0 aromatic heterocycles. The molecule has 0 aliphatic carbocycles. The first kappa shape index (κ1) is 22.2. The minimum absolute atomic E-state index is 0. The number of halogens is 1. The number of anilines is 1. The van der Waals surface area contributed by atoms with E-state index in [1.54, 1.807) is 0 Å². The summed E-state index contributed by atoms with van der Waals surface area (Å²) in [6.07, 6.45) is 3.12. The van der Waals surface area contributed by atoms with Gasteiger partial charge in [0, 0.05) is 24.4 Å². The van der Waals surface area contributed by atoms with Crippen LogP contribution in [0, 0.1) is 0 Å². The summed E-state index contributed by atoms with van der Waals surface area (Å²) < 4.78 is 5.50. The van der Waals surface area contributed by atoms with Gasteiger partial charge in [-0.1, -0.05) is 26.0 Å². The molecule has 1 unspecified atom stereocenters. The van der Waals surface area contributed by atoms with Crippen molar-refractivity contribution in [1.29, 1.82) is 0 Å². The first-order valence-corrected chi connectivity index (χ1v) is 8.89. The molecule has 1 fully saturated rings. The summed E-state index contributed by atoms with van der Waals surface area (Å²) in [4.78, 5) is 6.85. The van der Waals surface area contributed by atoms with E-state index in [1.165, 1.54) is 5.56 Å². The monoisotopic (exact) mass is 460 g/mol. The van der Waals surface area contributed by atoms with Gasteiger partial charge in [0.15, 0.2) is 5.96 Å². The van der Waals surface area contributed by atoms with E-state index in [2.05, 4.69) is 67.4 Å². The Morgan fingerprint density at radius 1 is 1.28 bits per heavy atom. The largest absolute Gasteiger partial charge is 0.381 e. The number of nitrogens with two attached hydrogens (primary N) is 1. The van der Waals surface area contributed by atoms with Crippen LogP contribution in [0.1, 0.15) is 44.6 Å². The van der Waals surface area contributed by atoms with Crippen molar-refractivity contribution in [3.63, 3.8) is 0 Å². The summed E-state index contributed by atoms with van der Waals surface area (Å²) in [5.74, 6) is 1.05. The molecule has 0 bridgehead atoms. The van der Waals surface area contributed by atoms with Crippen LogP contribution >= 0.6 is 24.0 Å². The fourth-order valence-electron chi connectivity index (χ4n) is 3.05. The highest BCUT2D eigenvalue weighted by molar-refractivity contribution is 14.0. The van der Waals surface area contributed by atoms with Gasteiger partial charge in [-0.05, 0) is 57.0 Å². The molecule has 25 heavy (non-hydrogen) atoms. The number of nitrogens with zero attached hydrogens (tertiary/aromatic N) is 2. The second-order valence-corrected chi connectivity index (χ2v) is 6.99. The Morgan fingerprint density at radius 3 is 2.40 bits per heavy atom. The van der Waals surface area contributed by atoms with E-state index < -0.39 is 0 Å². The van der Waals surface area contributed by atoms with E-state index in [-0.39, 0.29) is 29.5 Å². The number of ether oxygens (including phenoxy) is 1. The number of hydrogen-bond donors (Lipinski definition) is 2. The van der Waals surface area contributed by atoms with Crippen LogP contribution in [0.5, 0.6) is 0 Å². The van der Waals surface area contributed by atoms with E-state index in [9.17, 15) is 0 Å². The second kappa shape index (κ2) is 10.3. The molecule has 1 atom stereocenters. The number of likely N-dealkylation sites (N-methyl/N-ethyl adjacent to an activating group) is 1. The average molecular weight is 460 g/mol. The van der Waals surface area contributed by atoms with E-state index >= 15 is 0 Å². The lowest BCUT2D eigenvalue weighted by molar-refractivity contribution is -0.00249. The topological polar surface area (TPSA) is 62.9 Å². The quantitative estimate of drug-likeness (QED) is 0.387.